The monoisotopic (exact) mass is 250 g/mol. The van der Waals surface area contributed by atoms with Gasteiger partial charge in [-0.1, -0.05) is 13.2 Å². The predicted octanol–water partition coefficient (Wildman–Crippen LogP) is 4.85. The van der Waals surface area contributed by atoms with Crippen molar-refractivity contribution >= 4 is 23.2 Å². The maximum atomic E-state index is 5.57. The maximum Gasteiger partial charge on any atom is 0.0964 e. The van der Waals surface area contributed by atoms with Gasteiger partial charge >= 0.3 is 0 Å². The van der Waals surface area contributed by atoms with Crippen LogP contribution in [0.3, 0.4) is 0 Å². The molecular formula is C12H20Cl2O. The summed E-state index contributed by atoms with van der Waals surface area (Å²) in [6.45, 7) is 7.69. The van der Waals surface area contributed by atoms with E-state index in [2.05, 4.69) is 13.2 Å². The summed E-state index contributed by atoms with van der Waals surface area (Å²) in [5.74, 6) is 2.97. The first-order valence-corrected chi connectivity index (χ1v) is 6.43. The van der Waals surface area contributed by atoms with Gasteiger partial charge in [0.2, 0.25) is 0 Å². The minimum absolute atomic E-state index is 0.698. The van der Waals surface area contributed by atoms with E-state index in [1.165, 1.54) is 0 Å². The summed E-state index contributed by atoms with van der Waals surface area (Å²) >= 11 is 11.1. The molecule has 15 heavy (non-hydrogen) atoms. The van der Waals surface area contributed by atoms with Crippen LogP contribution in [-0.2, 0) is 4.74 Å². The zero-order valence-corrected chi connectivity index (χ0v) is 10.7. The molecule has 0 rings (SSSR count). The fraction of sp³-hybridized carbons (Fsp3) is 0.667. The number of unbranched alkanes of at least 4 members (excludes halogenated alkanes) is 2. The van der Waals surface area contributed by atoms with Gasteiger partial charge in [0, 0.05) is 24.6 Å². The van der Waals surface area contributed by atoms with E-state index in [0.717, 1.165) is 50.0 Å². The van der Waals surface area contributed by atoms with Gasteiger partial charge in [0.05, 0.1) is 11.5 Å². The van der Waals surface area contributed by atoms with E-state index in [1.54, 1.807) is 0 Å². The minimum atomic E-state index is 0.698. The standard InChI is InChI=1S/C12H20Cl2O/c1-11(7-3-5-9-13)15-12(2)8-4-6-10-14/h1-10H2. The van der Waals surface area contributed by atoms with Crippen LogP contribution in [0.2, 0.25) is 0 Å². The van der Waals surface area contributed by atoms with Crippen LogP contribution >= 0.6 is 23.2 Å². The van der Waals surface area contributed by atoms with Crippen molar-refractivity contribution in [2.45, 2.75) is 38.5 Å². The number of halogens is 2. The van der Waals surface area contributed by atoms with Crippen LogP contribution in [0, 0.1) is 0 Å². The average Bonchev–Trinajstić information content (AvgIpc) is 2.18. The van der Waals surface area contributed by atoms with Gasteiger partial charge in [-0.3, -0.25) is 0 Å². The summed E-state index contributed by atoms with van der Waals surface area (Å²) in [7, 11) is 0. The number of allylic oxidation sites excluding steroid dienone is 2. The van der Waals surface area contributed by atoms with E-state index in [-0.39, 0.29) is 0 Å². The van der Waals surface area contributed by atoms with Crippen molar-refractivity contribution in [3.8, 4) is 0 Å². The van der Waals surface area contributed by atoms with E-state index >= 15 is 0 Å². The van der Waals surface area contributed by atoms with Crippen LogP contribution in [0.25, 0.3) is 0 Å². The highest BCUT2D eigenvalue weighted by Crippen LogP contribution is 2.15. The molecule has 0 aliphatic heterocycles. The SMILES string of the molecule is C=C(CCCCCl)OC(=C)CCCCCl. The molecule has 0 saturated heterocycles. The first-order chi connectivity index (χ1) is 7.20. The van der Waals surface area contributed by atoms with Crippen molar-refractivity contribution < 1.29 is 4.74 Å². The minimum Gasteiger partial charge on any atom is -0.467 e. The van der Waals surface area contributed by atoms with E-state index in [0.29, 0.717) is 11.8 Å². The average molecular weight is 251 g/mol. The number of ether oxygens (including phenoxy) is 1. The lowest BCUT2D eigenvalue weighted by atomic mass is 10.2. The van der Waals surface area contributed by atoms with Crippen molar-refractivity contribution in [2.75, 3.05) is 11.8 Å². The molecule has 0 unspecified atom stereocenters. The fourth-order valence-electron chi connectivity index (χ4n) is 1.14. The lowest BCUT2D eigenvalue weighted by Crippen LogP contribution is -1.92. The number of hydrogen-bond acceptors (Lipinski definition) is 1. The Bertz CT molecular complexity index is 170. The summed E-state index contributed by atoms with van der Waals surface area (Å²) in [6, 6.07) is 0. The van der Waals surface area contributed by atoms with Crippen LogP contribution in [0.4, 0.5) is 0 Å². The molecule has 0 atom stereocenters. The van der Waals surface area contributed by atoms with Gasteiger partial charge in [-0.05, 0) is 25.7 Å². The summed E-state index contributed by atoms with van der Waals surface area (Å²) in [6.07, 6.45) is 5.78. The molecule has 0 aromatic rings. The highest BCUT2D eigenvalue weighted by Gasteiger charge is 1.99. The third-order valence-corrected chi connectivity index (χ3v) is 2.50. The molecule has 0 N–H and O–H groups in total. The Balaban J connectivity index is 3.45. The Hall–Kier alpha value is -0.140. The smallest absolute Gasteiger partial charge is 0.0964 e. The van der Waals surface area contributed by atoms with E-state index in [9.17, 15) is 0 Å². The summed E-state index contributed by atoms with van der Waals surface area (Å²) in [5.41, 5.74) is 0. The Labute approximate surface area is 103 Å². The van der Waals surface area contributed by atoms with Crippen LogP contribution in [-0.4, -0.2) is 11.8 Å². The normalized spacial score (nSPS) is 10.0. The molecule has 0 saturated carbocycles. The van der Waals surface area contributed by atoms with Crippen molar-refractivity contribution in [3.63, 3.8) is 0 Å². The molecule has 0 aromatic heterocycles. The fourth-order valence-corrected chi connectivity index (χ4v) is 1.52. The zero-order chi connectivity index (χ0) is 11.5. The Morgan fingerprint density at radius 1 is 0.800 bits per heavy atom. The Kier molecular flexibility index (Phi) is 10.3. The summed E-state index contributed by atoms with van der Waals surface area (Å²) in [5, 5.41) is 0. The molecule has 0 fully saturated rings. The van der Waals surface area contributed by atoms with Crippen LogP contribution in [0.5, 0.6) is 0 Å². The van der Waals surface area contributed by atoms with E-state index in [4.69, 9.17) is 27.9 Å². The molecule has 88 valence electrons. The lowest BCUT2D eigenvalue weighted by molar-refractivity contribution is 0.276. The first-order valence-electron chi connectivity index (χ1n) is 5.36. The van der Waals surface area contributed by atoms with Crippen LogP contribution in [0.1, 0.15) is 38.5 Å². The highest BCUT2D eigenvalue weighted by molar-refractivity contribution is 6.18. The van der Waals surface area contributed by atoms with Crippen molar-refractivity contribution in [1.29, 1.82) is 0 Å². The number of alkyl halides is 2. The number of hydrogen-bond donors (Lipinski definition) is 0. The van der Waals surface area contributed by atoms with E-state index < -0.39 is 0 Å². The quantitative estimate of drug-likeness (QED) is 0.306. The third kappa shape index (κ3) is 10.1. The van der Waals surface area contributed by atoms with Gasteiger partial charge in [-0.2, -0.15) is 0 Å². The second-order valence-electron chi connectivity index (χ2n) is 3.47. The molecule has 0 bridgehead atoms. The molecule has 0 amide bonds. The molecule has 0 aromatic carbocycles. The van der Waals surface area contributed by atoms with Crippen molar-refractivity contribution in [3.05, 3.63) is 24.7 Å². The van der Waals surface area contributed by atoms with Gasteiger partial charge in [-0.25, -0.2) is 0 Å². The van der Waals surface area contributed by atoms with Gasteiger partial charge in [0.15, 0.2) is 0 Å². The molecule has 0 heterocycles. The largest absolute Gasteiger partial charge is 0.467 e. The van der Waals surface area contributed by atoms with Crippen LogP contribution < -0.4 is 0 Å². The maximum absolute atomic E-state index is 5.57. The van der Waals surface area contributed by atoms with Gasteiger partial charge < -0.3 is 4.74 Å². The molecule has 0 aliphatic rings. The molecule has 0 spiro atoms. The Morgan fingerprint density at radius 2 is 1.20 bits per heavy atom. The van der Waals surface area contributed by atoms with Crippen LogP contribution in [0.15, 0.2) is 24.7 Å². The predicted molar refractivity (Wildman–Crippen MR) is 68.5 cm³/mol. The molecule has 3 heteroatoms. The van der Waals surface area contributed by atoms with Gasteiger partial charge in [0.25, 0.3) is 0 Å². The second-order valence-corrected chi connectivity index (χ2v) is 4.23. The topological polar surface area (TPSA) is 9.23 Å². The van der Waals surface area contributed by atoms with Gasteiger partial charge in [-0.15, -0.1) is 23.2 Å². The number of rotatable bonds is 10. The first kappa shape index (κ1) is 14.9. The second kappa shape index (κ2) is 10.4. The van der Waals surface area contributed by atoms with E-state index in [1.807, 2.05) is 0 Å². The summed E-state index contributed by atoms with van der Waals surface area (Å²) < 4.78 is 5.47. The zero-order valence-electron chi connectivity index (χ0n) is 9.24. The molecule has 0 aliphatic carbocycles. The third-order valence-electron chi connectivity index (χ3n) is 1.97. The highest BCUT2D eigenvalue weighted by atomic mass is 35.5. The van der Waals surface area contributed by atoms with Crippen molar-refractivity contribution in [1.82, 2.24) is 0 Å². The lowest BCUT2D eigenvalue weighted by Gasteiger charge is -2.10. The molecular weight excluding hydrogens is 231 g/mol. The molecule has 0 radical (unpaired) electrons. The van der Waals surface area contributed by atoms with Crippen molar-refractivity contribution in [2.24, 2.45) is 0 Å². The van der Waals surface area contributed by atoms with Gasteiger partial charge in [0.1, 0.15) is 0 Å². The summed E-state index contributed by atoms with van der Waals surface area (Å²) in [4.78, 5) is 0. The molecule has 1 nitrogen and oxygen atoms in total. The Morgan fingerprint density at radius 3 is 1.53 bits per heavy atom.